The molecular weight excluding hydrogens is 220 g/mol. The van der Waals surface area contributed by atoms with Crippen LogP contribution in [0, 0.1) is 12.8 Å². The van der Waals surface area contributed by atoms with Crippen molar-refractivity contribution in [2.75, 3.05) is 17.2 Å². The molecule has 0 aliphatic carbocycles. The largest absolute Gasteiger partial charge is 0.481 e. The van der Waals surface area contributed by atoms with E-state index >= 15 is 0 Å². The molecule has 5 heteroatoms. The molecule has 1 heterocycles. The van der Waals surface area contributed by atoms with Crippen LogP contribution >= 0.6 is 0 Å². The molecule has 1 atom stereocenters. The van der Waals surface area contributed by atoms with Crippen LogP contribution in [0.15, 0.2) is 18.2 Å². The van der Waals surface area contributed by atoms with Crippen LogP contribution in [0.1, 0.15) is 12.0 Å². The molecule has 5 nitrogen and oxygen atoms in total. The molecule has 1 aromatic rings. The summed E-state index contributed by atoms with van der Waals surface area (Å²) in [6, 6.07) is 5.27. The van der Waals surface area contributed by atoms with Gasteiger partial charge in [0.15, 0.2) is 0 Å². The maximum atomic E-state index is 11.7. The summed E-state index contributed by atoms with van der Waals surface area (Å²) in [5, 5.41) is 8.90. The number of carbonyl (C=O) groups excluding carboxylic acids is 1. The van der Waals surface area contributed by atoms with Crippen molar-refractivity contribution in [2.24, 2.45) is 5.92 Å². The van der Waals surface area contributed by atoms with Gasteiger partial charge in [-0.1, -0.05) is 0 Å². The van der Waals surface area contributed by atoms with Crippen molar-refractivity contribution in [3.63, 3.8) is 0 Å². The number of carboxylic acid groups (broad SMARTS) is 1. The first kappa shape index (κ1) is 11.4. The van der Waals surface area contributed by atoms with Gasteiger partial charge in [0.1, 0.15) is 0 Å². The van der Waals surface area contributed by atoms with E-state index in [0.29, 0.717) is 11.4 Å². The minimum atomic E-state index is -0.923. The average Bonchev–Trinajstić information content (AvgIpc) is 2.65. The van der Waals surface area contributed by atoms with E-state index in [0.717, 1.165) is 5.56 Å². The highest BCUT2D eigenvalue weighted by Gasteiger charge is 2.35. The lowest BCUT2D eigenvalue weighted by atomic mass is 10.1. The molecule has 1 aliphatic rings. The number of aliphatic carboxylic acids is 1. The maximum Gasteiger partial charge on any atom is 0.308 e. The Morgan fingerprint density at radius 1 is 1.53 bits per heavy atom. The summed E-state index contributed by atoms with van der Waals surface area (Å²) in [5.74, 6) is -1.69. The predicted molar refractivity (Wildman–Crippen MR) is 63.7 cm³/mol. The average molecular weight is 234 g/mol. The topological polar surface area (TPSA) is 83.6 Å². The number of carboxylic acids is 1. The van der Waals surface area contributed by atoms with Gasteiger partial charge in [0.05, 0.1) is 5.92 Å². The normalized spacial score (nSPS) is 19.7. The third-order valence-electron chi connectivity index (χ3n) is 3.04. The molecule has 90 valence electrons. The summed E-state index contributed by atoms with van der Waals surface area (Å²) in [4.78, 5) is 24.1. The van der Waals surface area contributed by atoms with Gasteiger partial charge < -0.3 is 15.7 Å². The number of hydrogen-bond acceptors (Lipinski definition) is 3. The molecule has 0 bridgehead atoms. The third-order valence-corrected chi connectivity index (χ3v) is 3.04. The Balaban J connectivity index is 2.26. The van der Waals surface area contributed by atoms with Crippen LogP contribution in [0.5, 0.6) is 0 Å². The number of benzene rings is 1. The summed E-state index contributed by atoms with van der Waals surface area (Å²) in [6.07, 6.45) is 0.0682. The molecule has 17 heavy (non-hydrogen) atoms. The fourth-order valence-electron chi connectivity index (χ4n) is 1.95. The van der Waals surface area contributed by atoms with E-state index in [4.69, 9.17) is 10.8 Å². The second-order valence-electron chi connectivity index (χ2n) is 4.28. The maximum absolute atomic E-state index is 11.7. The third kappa shape index (κ3) is 2.08. The lowest BCUT2D eigenvalue weighted by Gasteiger charge is -2.17. The number of nitrogens with two attached hydrogens (primary N) is 1. The van der Waals surface area contributed by atoms with Crippen molar-refractivity contribution in [1.29, 1.82) is 0 Å². The van der Waals surface area contributed by atoms with E-state index in [1.807, 2.05) is 6.92 Å². The molecule has 0 saturated carbocycles. The Kier molecular flexibility index (Phi) is 2.75. The summed E-state index contributed by atoms with van der Waals surface area (Å²) >= 11 is 0. The molecule has 1 aromatic carbocycles. The number of rotatable bonds is 2. The number of anilines is 2. The van der Waals surface area contributed by atoms with Crippen LogP contribution < -0.4 is 10.6 Å². The summed E-state index contributed by atoms with van der Waals surface area (Å²) < 4.78 is 0. The van der Waals surface area contributed by atoms with Gasteiger partial charge in [-0.3, -0.25) is 9.59 Å². The van der Waals surface area contributed by atoms with Crippen molar-refractivity contribution >= 4 is 23.3 Å². The molecule has 2 rings (SSSR count). The monoisotopic (exact) mass is 234 g/mol. The Labute approximate surface area is 98.8 Å². The zero-order valence-electron chi connectivity index (χ0n) is 9.51. The molecule has 3 N–H and O–H groups in total. The van der Waals surface area contributed by atoms with Gasteiger partial charge in [-0.05, 0) is 30.7 Å². The minimum Gasteiger partial charge on any atom is -0.481 e. The molecule has 0 spiro atoms. The van der Waals surface area contributed by atoms with Gasteiger partial charge in [0, 0.05) is 24.3 Å². The van der Waals surface area contributed by atoms with Crippen molar-refractivity contribution < 1.29 is 14.7 Å². The first-order valence-electron chi connectivity index (χ1n) is 5.38. The molecule has 1 fully saturated rings. The number of hydrogen-bond donors (Lipinski definition) is 2. The quantitative estimate of drug-likeness (QED) is 0.748. The molecule has 0 radical (unpaired) electrons. The van der Waals surface area contributed by atoms with Crippen molar-refractivity contribution in [2.45, 2.75) is 13.3 Å². The first-order chi connectivity index (χ1) is 7.99. The Hall–Kier alpha value is -2.04. The van der Waals surface area contributed by atoms with Gasteiger partial charge in [-0.2, -0.15) is 0 Å². The highest BCUT2D eigenvalue weighted by atomic mass is 16.4. The minimum absolute atomic E-state index is 0.0682. The number of nitrogen functional groups attached to an aromatic ring is 1. The van der Waals surface area contributed by atoms with Gasteiger partial charge >= 0.3 is 5.97 Å². The zero-order valence-corrected chi connectivity index (χ0v) is 9.51. The van der Waals surface area contributed by atoms with Crippen LogP contribution in [0.4, 0.5) is 11.4 Å². The van der Waals surface area contributed by atoms with Crippen molar-refractivity contribution in [3.8, 4) is 0 Å². The number of nitrogens with zero attached hydrogens (tertiary/aromatic N) is 1. The molecule has 1 unspecified atom stereocenters. The lowest BCUT2D eigenvalue weighted by Crippen LogP contribution is -2.25. The lowest BCUT2D eigenvalue weighted by molar-refractivity contribution is -0.141. The summed E-state index contributed by atoms with van der Waals surface area (Å²) in [7, 11) is 0. The van der Waals surface area contributed by atoms with Crippen LogP contribution in [-0.4, -0.2) is 23.5 Å². The second kappa shape index (κ2) is 4.08. The van der Waals surface area contributed by atoms with Crippen LogP contribution in [-0.2, 0) is 9.59 Å². The number of carbonyl (C=O) groups is 2. The molecule has 1 saturated heterocycles. The summed E-state index contributed by atoms with van der Waals surface area (Å²) in [6.45, 7) is 2.09. The van der Waals surface area contributed by atoms with Gasteiger partial charge in [0.2, 0.25) is 5.91 Å². The molecular formula is C12H14N2O3. The molecule has 0 aromatic heterocycles. The van der Waals surface area contributed by atoms with E-state index < -0.39 is 11.9 Å². The van der Waals surface area contributed by atoms with Crippen molar-refractivity contribution in [3.05, 3.63) is 23.8 Å². The number of amides is 1. The van der Waals surface area contributed by atoms with Gasteiger partial charge in [0.25, 0.3) is 0 Å². The fourth-order valence-corrected chi connectivity index (χ4v) is 1.95. The van der Waals surface area contributed by atoms with Gasteiger partial charge in [-0.25, -0.2) is 0 Å². The predicted octanol–water partition coefficient (Wildman–Crippen LogP) is 1.01. The molecule has 1 aliphatic heterocycles. The van der Waals surface area contributed by atoms with Crippen molar-refractivity contribution in [1.82, 2.24) is 0 Å². The summed E-state index contributed by atoms with van der Waals surface area (Å²) in [5.41, 5.74) is 7.96. The Bertz CT molecular complexity index is 485. The van der Waals surface area contributed by atoms with E-state index in [2.05, 4.69) is 0 Å². The van der Waals surface area contributed by atoms with E-state index in [9.17, 15) is 9.59 Å². The first-order valence-corrected chi connectivity index (χ1v) is 5.38. The highest BCUT2D eigenvalue weighted by molar-refractivity contribution is 5.99. The smallest absolute Gasteiger partial charge is 0.308 e. The Morgan fingerprint density at radius 2 is 2.24 bits per heavy atom. The SMILES string of the molecule is Cc1cc(N2CC(C(=O)O)CC2=O)ccc1N. The fraction of sp³-hybridized carbons (Fsp3) is 0.333. The van der Waals surface area contributed by atoms with Gasteiger partial charge in [-0.15, -0.1) is 0 Å². The van der Waals surface area contributed by atoms with E-state index in [1.54, 1.807) is 18.2 Å². The highest BCUT2D eigenvalue weighted by Crippen LogP contribution is 2.27. The standard InChI is InChI=1S/C12H14N2O3/c1-7-4-9(2-3-10(7)13)14-6-8(12(16)17)5-11(14)15/h2-4,8H,5-6,13H2,1H3,(H,16,17). The van der Waals surface area contributed by atoms with Crippen LogP contribution in [0.25, 0.3) is 0 Å². The Morgan fingerprint density at radius 3 is 2.76 bits per heavy atom. The number of aryl methyl sites for hydroxylation is 1. The van der Waals surface area contributed by atoms with E-state index in [1.165, 1.54) is 4.90 Å². The molecule has 1 amide bonds. The van der Waals surface area contributed by atoms with Crippen LogP contribution in [0.3, 0.4) is 0 Å². The van der Waals surface area contributed by atoms with Crippen LogP contribution in [0.2, 0.25) is 0 Å². The zero-order chi connectivity index (χ0) is 12.6. The second-order valence-corrected chi connectivity index (χ2v) is 4.28. The van der Waals surface area contributed by atoms with E-state index in [-0.39, 0.29) is 18.9 Å².